The van der Waals surface area contributed by atoms with Gasteiger partial charge in [-0.15, -0.1) is 0 Å². The second-order valence-corrected chi connectivity index (χ2v) is 4.79. The van der Waals surface area contributed by atoms with Gasteiger partial charge in [-0.3, -0.25) is 4.57 Å². The Morgan fingerprint density at radius 1 is 1.36 bits per heavy atom. The molecule has 1 aliphatic rings. The molecule has 0 radical (unpaired) electrons. The Bertz CT molecular complexity index is 130. The Morgan fingerprint density at radius 2 is 2.00 bits per heavy atom. The lowest BCUT2D eigenvalue weighted by Crippen LogP contribution is -2.13. The molecule has 0 aromatic rings. The largest absolute Gasteiger partial charge is 0.327 e. The van der Waals surface area contributed by atoms with E-state index >= 15 is 0 Å². The van der Waals surface area contributed by atoms with Gasteiger partial charge in [0.2, 0.25) is 0 Å². The van der Waals surface area contributed by atoms with Crippen LogP contribution < -0.4 is 0 Å². The van der Waals surface area contributed by atoms with Crippen molar-refractivity contribution >= 4 is 8.03 Å². The third kappa shape index (κ3) is 3.39. The molecule has 0 aromatic heterocycles. The van der Waals surface area contributed by atoms with Crippen molar-refractivity contribution in [2.75, 3.05) is 6.16 Å². The molecule has 1 atom stereocenters. The van der Waals surface area contributed by atoms with Crippen molar-refractivity contribution in [3.8, 4) is 0 Å². The summed E-state index contributed by atoms with van der Waals surface area (Å²) in [5.41, 5.74) is 0. The van der Waals surface area contributed by atoms with Gasteiger partial charge in [-0.05, 0) is 12.8 Å². The Balaban J connectivity index is 2.19. The molecular formula is C8H17O2P. The van der Waals surface area contributed by atoms with Crippen molar-refractivity contribution in [1.82, 2.24) is 0 Å². The molecule has 66 valence electrons. The first-order valence-electron chi connectivity index (χ1n) is 4.52. The van der Waals surface area contributed by atoms with E-state index in [0.717, 1.165) is 12.8 Å². The maximum absolute atomic E-state index is 11.0. The van der Waals surface area contributed by atoms with Crippen LogP contribution in [0.1, 0.15) is 39.0 Å². The van der Waals surface area contributed by atoms with Gasteiger partial charge in [-0.1, -0.05) is 26.2 Å². The van der Waals surface area contributed by atoms with E-state index in [4.69, 9.17) is 4.52 Å². The fraction of sp³-hybridized carbons (Fsp3) is 1.00. The summed E-state index contributed by atoms with van der Waals surface area (Å²) in [5.74, 6) is 0. The second-order valence-electron chi connectivity index (χ2n) is 3.10. The summed E-state index contributed by atoms with van der Waals surface area (Å²) in [5, 5.41) is 0. The minimum atomic E-state index is -1.68. The standard InChI is InChI=1S/C8H17O2P/c1-2-11(9)10-8-6-4-3-5-7-8/h8,11H,2-7H2,1H3. The Kier molecular flexibility index (Phi) is 4.17. The van der Waals surface area contributed by atoms with E-state index in [1.165, 1.54) is 19.3 Å². The molecule has 0 bridgehead atoms. The molecule has 1 aliphatic carbocycles. The fourth-order valence-electron chi connectivity index (χ4n) is 1.45. The Hall–Kier alpha value is 0.190. The van der Waals surface area contributed by atoms with Crippen LogP contribution in [0.3, 0.4) is 0 Å². The average molecular weight is 176 g/mol. The van der Waals surface area contributed by atoms with Crippen LogP contribution >= 0.6 is 8.03 Å². The van der Waals surface area contributed by atoms with Gasteiger partial charge in [0.05, 0.1) is 6.10 Å². The lowest BCUT2D eigenvalue weighted by molar-refractivity contribution is 0.166. The first kappa shape index (κ1) is 9.28. The molecule has 0 amide bonds. The number of hydrogen-bond acceptors (Lipinski definition) is 2. The Labute approximate surface area is 69.2 Å². The molecule has 0 aliphatic heterocycles. The van der Waals surface area contributed by atoms with Gasteiger partial charge in [0.1, 0.15) is 0 Å². The average Bonchev–Trinajstić information content (AvgIpc) is 2.06. The van der Waals surface area contributed by atoms with Crippen molar-refractivity contribution in [3.05, 3.63) is 0 Å². The lowest BCUT2D eigenvalue weighted by atomic mass is 9.98. The molecule has 1 fully saturated rings. The zero-order chi connectivity index (χ0) is 8.10. The summed E-state index contributed by atoms with van der Waals surface area (Å²) >= 11 is 0. The number of rotatable bonds is 3. The minimum Gasteiger partial charge on any atom is -0.327 e. The highest BCUT2D eigenvalue weighted by Crippen LogP contribution is 2.30. The van der Waals surface area contributed by atoms with Gasteiger partial charge in [0.15, 0.2) is 8.03 Å². The topological polar surface area (TPSA) is 26.3 Å². The predicted octanol–water partition coefficient (Wildman–Crippen LogP) is 2.83. The summed E-state index contributed by atoms with van der Waals surface area (Å²) in [6.07, 6.45) is 7.09. The van der Waals surface area contributed by atoms with E-state index in [-0.39, 0.29) is 0 Å². The van der Waals surface area contributed by atoms with E-state index < -0.39 is 8.03 Å². The van der Waals surface area contributed by atoms with Crippen LogP contribution in [0.25, 0.3) is 0 Å². The molecule has 1 unspecified atom stereocenters. The zero-order valence-electron chi connectivity index (χ0n) is 7.14. The van der Waals surface area contributed by atoms with Gasteiger partial charge in [-0.25, -0.2) is 0 Å². The highest BCUT2D eigenvalue weighted by molar-refractivity contribution is 7.39. The maximum Gasteiger partial charge on any atom is 0.191 e. The monoisotopic (exact) mass is 176 g/mol. The Morgan fingerprint density at radius 3 is 2.55 bits per heavy atom. The summed E-state index contributed by atoms with van der Waals surface area (Å²) in [6, 6.07) is 0. The molecule has 1 rings (SSSR count). The molecule has 11 heavy (non-hydrogen) atoms. The van der Waals surface area contributed by atoms with Crippen LogP contribution in [-0.2, 0) is 9.09 Å². The van der Waals surface area contributed by atoms with E-state index in [1.807, 2.05) is 6.92 Å². The van der Waals surface area contributed by atoms with Gasteiger partial charge in [-0.2, -0.15) is 0 Å². The third-order valence-corrected chi connectivity index (χ3v) is 3.31. The number of hydrogen-bond donors (Lipinski definition) is 0. The van der Waals surface area contributed by atoms with Crippen molar-refractivity contribution in [3.63, 3.8) is 0 Å². The normalized spacial score (nSPS) is 23.4. The molecule has 0 N–H and O–H groups in total. The quantitative estimate of drug-likeness (QED) is 0.618. The first-order valence-corrected chi connectivity index (χ1v) is 6.04. The van der Waals surface area contributed by atoms with Crippen molar-refractivity contribution in [2.24, 2.45) is 0 Å². The smallest absolute Gasteiger partial charge is 0.191 e. The van der Waals surface area contributed by atoms with Crippen LogP contribution in [0.15, 0.2) is 0 Å². The molecule has 0 saturated heterocycles. The van der Waals surface area contributed by atoms with Crippen LogP contribution in [0, 0.1) is 0 Å². The highest BCUT2D eigenvalue weighted by atomic mass is 31.1. The molecule has 0 aromatic carbocycles. The van der Waals surface area contributed by atoms with Crippen LogP contribution in [0.4, 0.5) is 0 Å². The van der Waals surface area contributed by atoms with Gasteiger partial charge < -0.3 is 4.52 Å². The zero-order valence-corrected chi connectivity index (χ0v) is 8.14. The van der Waals surface area contributed by atoms with E-state index in [2.05, 4.69) is 0 Å². The van der Waals surface area contributed by atoms with E-state index in [0.29, 0.717) is 12.3 Å². The summed E-state index contributed by atoms with van der Waals surface area (Å²) in [4.78, 5) is 0. The maximum atomic E-state index is 11.0. The van der Waals surface area contributed by atoms with E-state index in [1.54, 1.807) is 0 Å². The van der Waals surface area contributed by atoms with Gasteiger partial charge in [0.25, 0.3) is 0 Å². The van der Waals surface area contributed by atoms with Crippen LogP contribution in [0.2, 0.25) is 0 Å². The molecular weight excluding hydrogens is 159 g/mol. The van der Waals surface area contributed by atoms with Gasteiger partial charge in [0, 0.05) is 6.16 Å². The minimum absolute atomic E-state index is 0.315. The molecule has 1 saturated carbocycles. The summed E-state index contributed by atoms with van der Waals surface area (Å²) in [7, 11) is -1.68. The van der Waals surface area contributed by atoms with E-state index in [9.17, 15) is 4.57 Å². The van der Waals surface area contributed by atoms with Gasteiger partial charge >= 0.3 is 0 Å². The molecule has 2 nitrogen and oxygen atoms in total. The third-order valence-electron chi connectivity index (χ3n) is 2.14. The van der Waals surface area contributed by atoms with Crippen LogP contribution in [0.5, 0.6) is 0 Å². The predicted molar refractivity (Wildman–Crippen MR) is 47.5 cm³/mol. The fourth-order valence-corrected chi connectivity index (χ4v) is 2.23. The van der Waals surface area contributed by atoms with Crippen molar-refractivity contribution in [1.29, 1.82) is 0 Å². The lowest BCUT2D eigenvalue weighted by Gasteiger charge is -2.21. The first-order chi connectivity index (χ1) is 5.33. The summed E-state index contributed by atoms with van der Waals surface area (Å²) in [6.45, 7) is 1.92. The van der Waals surface area contributed by atoms with Crippen molar-refractivity contribution < 1.29 is 9.09 Å². The molecule has 3 heteroatoms. The van der Waals surface area contributed by atoms with Crippen molar-refractivity contribution in [2.45, 2.75) is 45.1 Å². The molecule has 0 heterocycles. The highest BCUT2D eigenvalue weighted by Gasteiger charge is 2.15. The van der Waals surface area contributed by atoms with Crippen LogP contribution in [-0.4, -0.2) is 12.3 Å². The SMILES string of the molecule is CC[PH](=O)OC1CCCCC1. The summed E-state index contributed by atoms with van der Waals surface area (Å²) < 4.78 is 16.4. The second kappa shape index (κ2) is 4.95. The molecule has 0 spiro atoms.